The number of hydrogen-bond donors (Lipinski definition) is 1. The number of halogens is 1. The number of rotatable bonds is 5. The maximum absolute atomic E-state index is 13.2. The fourth-order valence-corrected chi connectivity index (χ4v) is 2.90. The molecule has 3 nitrogen and oxygen atoms in total. The van der Waals surface area contributed by atoms with Gasteiger partial charge in [0.2, 0.25) is 5.91 Å². The molecule has 0 radical (unpaired) electrons. The van der Waals surface area contributed by atoms with Crippen LogP contribution in [0.5, 0.6) is 0 Å². The lowest BCUT2D eigenvalue weighted by Gasteiger charge is -2.25. The predicted octanol–water partition coefficient (Wildman–Crippen LogP) is 1.97. The van der Waals surface area contributed by atoms with E-state index >= 15 is 0 Å². The standard InChI is InChI=1S/C16H21FN2O/c17-14-3-1-2-12(10-14)7-9-19(15-4-5-15)16(20)13-6-8-18-11-13/h1-3,10,13,15,18H,4-9,11H2. The van der Waals surface area contributed by atoms with Crippen LogP contribution in [0.2, 0.25) is 0 Å². The first-order valence-corrected chi connectivity index (χ1v) is 7.49. The Kier molecular flexibility index (Phi) is 4.01. The van der Waals surface area contributed by atoms with Crippen LogP contribution in [-0.4, -0.2) is 36.5 Å². The third-order valence-electron chi connectivity index (χ3n) is 4.21. The molecule has 1 aliphatic heterocycles. The number of benzene rings is 1. The van der Waals surface area contributed by atoms with Crippen molar-refractivity contribution in [1.82, 2.24) is 10.2 Å². The normalized spacial score (nSPS) is 21.9. The Labute approximate surface area is 119 Å². The SMILES string of the molecule is O=C(C1CCNC1)N(CCc1cccc(F)c1)C1CC1. The van der Waals surface area contributed by atoms with Gasteiger partial charge in [0.1, 0.15) is 5.82 Å². The van der Waals surface area contributed by atoms with Crippen molar-refractivity contribution >= 4 is 5.91 Å². The molecule has 1 atom stereocenters. The van der Waals surface area contributed by atoms with Crippen LogP contribution < -0.4 is 5.32 Å². The Morgan fingerprint density at radius 1 is 1.35 bits per heavy atom. The highest BCUT2D eigenvalue weighted by Gasteiger charge is 2.36. The molecule has 0 bridgehead atoms. The summed E-state index contributed by atoms with van der Waals surface area (Å²) in [5.41, 5.74) is 0.966. The average Bonchev–Trinajstić information content (AvgIpc) is 3.12. The Balaban J connectivity index is 1.61. The third kappa shape index (κ3) is 3.18. The molecule has 20 heavy (non-hydrogen) atoms. The molecule has 2 aliphatic rings. The molecule has 0 spiro atoms. The van der Waals surface area contributed by atoms with Gasteiger partial charge >= 0.3 is 0 Å². The van der Waals surface area contributed by atoms with Crippen molar-refractivity contribution in [1.29, 1.82) is 0 Å². The summed E-state index contributed by atoms with van der Waals surface area (Å²) in [6, 6.07) is 7.10. The summed E-state index contributed by atoms with van der Waals surface area (Å²) in [4.78, 5) is 14.6. The van der Waals surface area contributed by atoms with Crippen molar-refractivity contribution < 1.29 is 9.18 Å². The second kappa shape index (κ2) is 5.92. The van der Waals surface area contributed by atoms with Gasteiger partial charge in [-0.1, -0.05) is 12.1 Å². The number of carbonyl (C=O) groups excluding carboxylic acids is 1. The average molecular weight is 276 g/mol. The summed E-state index contributed by atoms with van der Waals surface area (Å²) >= 11 is 0. The largest absolute Gasteiger partial charge is 0.339 e. The number of nitrogens with one attached hydrogen (secondary N) is 1. The van der Waals surface area contributed by atoms with Gasteiger partial charge in [0.15, 0.2) is 0 Å². The van der Waals surface area contributed by atoms with Gasteiger partial charge in [-0.2, -0.15) is 0 Å². The van der Waals surface area contributed by atoms with Gasteiger partial charge in [-0.25, -0.2) is 4.39 Å². The molecule has 2 fully saturated rings. The highest BCUT2D eigenvalue weighted by Crippen LogP contribution is 2.29. The lowest BCUT2D eigenvalue weighted by molar-refractivity contribution is -0.135. The first-order valence-electron chi connectivity index (χ1n) is 7.49. The lowest BCUT2D eigenvalue weighted by Crippen LogP contribution is -2.40. The van der Waals surface area contributed by atoms with Crippen molar-refractivity contribution in [3.63, 3.8) is 0 Å². The zero-order chi connectivity index (χ0) is 13.9. The minimum Gasteiger partial charge on any atom is -0.339 e. The maximum atomic E-state index is 13.2. The van der Waals surface area contributed by atoms with Crippen LogP contribution in [0.15, 0.2) is 24.3 Å². The zero-order valence-electron chi connectivity index (χ0n) is 11.6. The van der Waals surface area contributed by atoms with Gasteiger partial charge in [-0.3, -0.25) is 4.79 Å². The van der Waals surface area contributed by atoms with Crippen LogP contribution in [0.1, 0.15) is 24.8 Å². The van der Waals surface area contributed by atoms with E-state index in [1.807, 2.05) is 11.0 Å². The predicted molar refractivity (Wildman–Crippen MR) is 75.8 cm³/mol. The number of carbonyl (C=O) groups is 1. The molecule has 1 aromatic carbocycles. The van der Waals surface area contributed by atoms with Crippen molar-refractivity contribution in [2.75, 3.05) is 19.6 Å². The Bertz CT molecular complexity index is 481. The van der Waals surface area contributed by atoms with E-state index < -0.39 is 0 Å². The molecule has 1 heterocycles. The number of nitrogens with zero attached hydrogens (tertiary/aromatic N) is 1. The minimum absolute atomic E-state index is 0.142. The van der Waals surface area contributed by atoms with E-state index in [1.54, 1.807) is 12.1 Å². The van der Waals surface area contributed by atoms with Gasteiger partial charge < -0.3 is 10.2 Å². The summed E-state index contributed by atoms with van der Waals surface area (Å²) in [6.45, 7) is 2.46. The monoisotopic (exact) mass is 276 g/mol. The van der Waals surface area contributed by atoms with E-state index in [0.29, 0.717) is 12.6 Å². The fraction of sp³-hybridized carbons (Fsp3) is 0.562. The van der Waals surface area contributed by atoms with Crippen molar-refractivity contribution in [3.05, 3.63) is 35.6 Å². The van der Waals surface area contributed by atoms with E-state index in [4.69, 9.17) is 0 Å². The van der Waals surface area contributed by atoms with Gasteiger partial charge in [0.25, 0.3) is 0 Å². The van der Waals surface area contributed by atoms with Crippen molar-refractivity contribution in [3.8, 4) is 0 Å². The van der Waals surface area contributed by atoms with Crippen LogP contribution in [0, 0.1) is 11.7 Å². The van der Waals surface area contributed by atoms with E-state index in [9.17, 15) is 9.18 Å². The molecule has 1 N–H and O–H groups in total. The Hall–Kier alpha value is -1.42. The number of amides is 1. The van der Waals surface area contributed by atoms with Crippen LogP contribution in [0.3, 0.4) is 0 Å². The molecule has 0 aromatic heterocycles. The summed E-state index contributed by atoms with van der Waals surface area (Å²) < 4.78 is 13.2. The summed E-state index contributed by atoms with van der Waals surface area (Å²) in [6.07, 6.45) is 3.92. The first-order chi connectivity index (χ1) is 9.74. The maximum Gasteiger partial charge on any atom is 0.227 e. The number of hydrogen-bond acceptors (Lipinski definition) is 2. The molecule has 1 aliphatic carbocycles. The quantitative estimate of drug-likeness (QED) is 0.892. The van der Waals surface area contributed by atoms with Crippen LogP contribution in [0.4, 0.5) is 4.39 Å². The molecule has 4 heteroatoms. The molecule has 1 aromatic rings. The van der Waals surface area contributed by atoms with Crippen molar-refractivity contribution in [2.24, 2.45) is 5.92 Å². The second-order valence-electron chi connectivity index (χ2n) is 5.83. The Morgan fingerprint density at radius 3 is 2.85 bits per heavy atom. The van der Waals surface area contributed by atoms with Crippen molar-refractivity contribution in [2.45, 2.75) is 31.7 Å². The van der Waals surface area contributed by atoms with E-state index in [0.717, 1.165) is 44.3 Å². The topological polar surface area (TPSA) is 32.3 Å². The van der Waals surface area contributed by atoms with E-state index in [2.05, 4.69) is 5.32 Å². The van der Waals surface area contributed by atoms with Crippen LogP contribution in [-0.2, 0) is 11.2 Å². The molecule has 1 amide bonds. The van der Waals surface area contributed by atoms with Crippen LogP contribution in [0.25, 0.3) is 0 Å². The molecular weight excluding hydrogens is 255 g/mol. The smallest absolute Gasteiger partial charge is 0.227 e. The highest BCUT2D eigenvalue weighted by atomic mass is 19.1. The minimum atomic E-state index is -0.202. The molecule has 1 unspecified atom stereocenters. The highest BCUT2D eigenvalue weighted by molar-refractivity contribution is 5.80. The summed E-state index contributed by atoms with van der Waals surface area (Å²) in [5.74, 6) is 0.226. The molecule has 1 saturated carbocycles. The van der Waals surface area contributed by atoms with Crippen LogP contribution >= 0.6 is 0 Å². The second-order valence-corrected chi connectivity index (χ2v) is 5.83. The molecule has 3 rings (SSSR count). The molecule has 108 valence electrons. The summed E-state index contributed by atoms with van der Waals surface area (Å²) in [7, 11) is 0. The third-order valence-corrected chi connectivity index (χ3v) is 4.21. The van der Waals surface area contributed by atoms with E-state index in [-0.39, 0.29) is 17.6 Å². The molecular formula is C16H21FN2O. The van der Waals surface area contributed by atoms with Gasteiger partial charge in [0, 0.05) is 19.1 Å². The molecule has 1 saturated heterocycles. The first kappa shape index (κ1) is 13.6. The van der Waals surface area contributed by atoms with Gasteiger partial charge in [-0.05, 0) is 49.9 Å². The van der Waals surface area contributed by atoms with Gasteiger partial charge in [0.05, 0.1) is 5.92 Å². The van der Waals surface area contributed by atoms with Gasteiger partial charge in [-0.15, -0.1) is 0 Å². The lowest BCUT2D eigenvalue weighted by atomic mass is 10.1. The Morgan fingerprint density at radius 2 is 2.20 bits per heavy atom. The summed E-state index contributed by atoms with van der Waals surface area (Å²) in [5, 5.41) is 3.25. The fourth-order valence-electron chi connectivity index (χ4n) is 2.90. The zero-order valence-corrected chi connectivity index (χ0v) is 11.6. The van der Waals surface area contributed by atoms with E-state index in [1.165, 1.54) is 6.07 Å².